The first kappa shape index (κ1) is 20.4. The molecule has 2 amide bonds. The van der Waals surface area contributed by atoms with Gasteiger partial charge in [-0.2, -0.15) is 0 Å². The lowest BCUT2D eigenvalue weighted by Gasteiger charge is -2.24. The lowest BCUT2D eigenvalue weighted by molar-refractivity contribution is -0.128. The number of rotatable bonds is 6. The van der Waals surface area contributed by atoms with E-state index >= 15 is 0 Å². The summed E-state index contributed by atoms with van der Waals surface area (Å²) in [6.45, 7) is 0.353. The van der Waals surface area contributed by atoms with Crippen LogP contribution in [0.25, 0.3) is 0 Å². The maximum absolute atomic E-state index is 13.5. The van der Waals surface area contributed by atoms with Crippen LogP contribution in [0.3, 0.4) is 0 Å². The Balaban J connectivity index is 1.42. The van der Waals surface area contributed by atoms with Gasteiger partial charge in [-0.3, -0.25) is 9.59 Å². The molecule has 2 saturated heterocycles. The number of nitrogens with zero attached hydrogens (tertiary/aromatic N) is 1. The van der Waals surface area contributed by atoms with E-state index in [1.165, 1.54) is 7.11 Å². The molecular formula is C24H24N2O6. The molecule has 2 fully saturated rings. The predicted octanol–water partition coefficient (Wildman–Crippen LogP) is 2.64. The van der Waals surface area contributed by atoms with Crippen LogP contribution in [0.15, 0.2) is 54.6 Å². The summed E-state index contributed by atoms with van der Waals surface area (Å²) in [5, 5.41) is 2.92. The second-order valence-electron chi connectivity index (χ2n) is 8.08. The van der Waals surface area contributed by atoms with Gasteiger partial charge in [0.25, 0.3) is 0 Å². The number of hydrogen-bond donors (Lipinski definition) is 1. The molecule has 32 heavy (non-hydrogen) atoms. The van der Waals surface area contributed by atoms with Crippen molar-refractivity contribution >= 4 is 23.2 Å². The topological polar surface area (TPSA) is 86.3 Å². The first-order chi connectivity index (χ1) is 15.5. The lowest BCUT2D eigenvalue weighted by atomic mass is 9.76. The van der Waals surface area contributed by atoms with Gasteiger partial charge in [-0.15, -0.1) is 0 Å². The third-order valence-electron chi connectivity index (χ3n) is 6.43. The van der Waals surface area contributed by atoms with Gasteiger partial charge in [-0.05, 0) is 24.3 Å². The summed E-state index contributed by atoms with van der Waals surface area (Å²) in [6.07, 6.45) is 3.37. The number of fused-ring (bicyclic) bond motifs is 1. The highest BCUT2D eigenvalue weighted by Gasteiger charge is 2.67. The summed E-state index contributed by atoms with van der Waals surface area (Å²) in [5.74, 6) is 0.0875. The molecule has 8 heteroatoms. The standard InChI is InChI=1S/C24H24N2O6/c1-29-15-6-4-5-14(11-15)26-13-24-10-9-18(32-24)20(21(24)23(26)28)22(27)25-17-8-7-16(30-2)12-19(17)31-3/h4-12,18,20-21H,13H2,1-3H3,(H,25,27)/t18-,20+,21+,24-/m1/s1. The van der Waals surface area contributed by atoms with Gasteiger partial charge in [0.2, 0.25) is 11.8 Å². The van der Waals surface area contributed by atoms with Gasteiger partial charge >= 0.3 is 0 Å². The Morgan fingerprint density at radius 1 is 1.09 bits per heavy atom. The Labute approximate surface area is 185 Å². The fraction of sp³-hybridized carbons (Fsp3) is 0.333. The Morgan fingerprint density at radius 3 is 2.62 bits per heavy atom. The van der Waals surface area contributed by atoms with Crippen LogP contribution >= 0.6 is 0 Å². The van der Waals surface area contributed by atoms with E-state index in [2.05, 4.69) is 5.32 Å². The number of methoxy groups -OCH3 is 3. The van der Waals surface area contributed by atoms with Crippen molar-refractivity contribution in [3.05, 3.63) is 54.6 Å². The molecule has 3 aliphatic heterocycles. The maximum Gasteiger partial charge on any atom is 0.234 e. The van der Waals surface area contributed by atoms with E-state index in [9.17, 15) is 9.59 Å². The summed E-state index contributed by atoms with van der Waals surface area (Å²) in [5.41, 5.74) is 0.417. The second-order valence-corrected chi connectivity index (χ2v) is 8.08. The molecule has 1 spiro atoms. The maximum atomic E-state index is 13.5. The van der Waals surface area contributed by atoms with E-state index in [-0.39, 0.29) is 11.8 Å². The molecule has 1 N–H and O–H groups in total. The fourth-order valence-corrected chi connectivity index (χ4v) is 4.91. The smallest absolute Gasteiger partial charge is 0.234 e. The SMILES string of the molecule is COc1cccc(N2C[C@@]34C=C[C@@H](O3)[C@H](C(=O)Nc3ccc(OC)cc3OC)[C@H]4C2=O)c1. The highest BCUT2D eigenvalue weighted by molar-refractivity contribution is 6.05. The van der Waals surface area contributed by atoms with Crippen molar-refractivity contribution in [1.29, 1.82) is 0 Å². The van der Waals surface area contributed by atoms with E-state index in [0.717, 1.165) is 5.69 Å². The van der Waals surface area contributed by atoms with Crippen LogP contribution in [0.5, 0.6) is 17.2 Å². The van der Waals surface area contributed by atoms with Crippen LogP contribution in [0.1, 0.15) is 0 Å². The number of carbonyl (C=O) groups excluding carboxylic acids is 2. The minimum Gasteiger partial charge on any atom is -0.497 e. The van der Waals surface area contributed by atoms with E-state index in [1.54, 1.807) is 37.3 Å². The van der Waals surface area contributed by atoms with E-state index in [0.29, 0.717) is 29.5 Å². The second kappa shape index (κ2) is 7.56. The quantitative estimate of drug-likeness (QED) is 0.701. The van der Waals surface area contributed by atoms with Gasteiger partial charge in [-0.1, -0.05) is 18.2 Å². The summed E-state index contributed by atoms with van der Waals surface area (Å²) in [7, 11) is 4.67. The normalized spacial score (nSPS) is 27.4. The predicted molar refractivity (Wildman–Crippen MR) is 117 cm³/mol. The van der Waals surface area contributed by atoms with E-state index in [1.807, 2.05) is 36.4 Å². The zero-order valence-corrected chi connectivity index (χ0v) is 18.0. The van der Waals surface area contributed by atoms with Crippen LogP contribution in [0, 0.1) is 11.8 Å². The van der Waals surface area contributed by atoms with Crippen molar-refractivity contribution < 1.29 is 28.5 Å². The van der Waals surface area contributed by atoms with Crippen molar-refractivity contribution in [2.24, 2.45) is 11.8 Å². The van der Waals surface area contributed by atoms with Crippen LogP contribution in [-0.2, 0) is 14.3 Å². The Morgan fingerprint density at radius 2 is 1.88 bits per heavy atom. The number of benzene rings is 2. The molecule has 3 heterocycles. The monoisotopic (exact) mass is 436 g/mol. The third kappa shape index (κ3) is 3.02. The number of ether oxygens (including phenoxy) is 4. The highest BCUT2D eigenvalue weighted by Crippen LogP contribution is 2.53. The van der Waals surface area contributed by atoms with Gasteiger partial charge in [0.05, 0.1) is 51.5 Å². The minimum atomic E-state index is -0.809. The fourth-order valence-electron chi connectivity index (χ4n) is 4.91. The molecule has 8 nitrogen and oxygen atoms in total. The number of amides is 2. The summed E-state index contributed by atoms with van der Waals surface area (Å²) >= 11 is 0. The average Bonchev–Trinajstić information content (AvgIpc) is 3.47. The molecule has 3 aliphatic rings. The number of carbonyl (C=O) groups is 2. The van der Waals surface area contributed by atoms with Crippen molar-refractivity contribution in [3.8, 4) is 17.2 Å². The molecule has 0 saturated carbocycles. The number of hydrogen-bond acceptors (Lipinski definition) is 6. The molecule has 0 radical (unpaired) electrons. The van der Waals surface area contributed by atoms with Crippen LogP contribution in [-0.4, -0.2) is 51.4 Å². The van der Waals surface area contributed by atoms with Crippen molar-refractivity contribution in [2.45, 2.75) is 11.7 Å². The number of anilines is 2. The first-order valence-corrected chi connectivity index (χ1v) is 10.3. The van der Waals surface area contributed by atoms with Gasteiger partial charge < -0.3 is 29.2 Å². The molecule has 2 aromatic carbocycles. The Hall–Kier alpha value is -3.52. The Bertz CT molecular complexity index is 1120. The zero-order valence-electron chi connectivity index (χ0n) is 18.0. The van der Waals surface area contributed by atoms with Crippen LogP contribution in [0.2, 0.25) is 0 Å². The molecular weight excluding hydrogens is 412 g/mol. The van der Waals surface area contributed by atoms with Crippen LogP contribution in [0.4, 0.5) is 11.4 Å². The summed E-state index contributed by atoms with van der Waals surface area (Å²) < 4.78 is 22.1. The van der Waals surface area contributed by atoms with Crippen LogP contribution < -0.4 is 24.4 Å². The van der Waals surface area contributed by atoms with Gasteiger partial charge in [-0.25, -0.2) is 0 Å². The molecule has 2 bridgehead atoms. The molecule has 0 aromatic heterocycles. The Kier molecular flexibility index (Phi) is 4.82. The summed E-state index contributed by atoms with van der Waals surface area (Å²) in [6, 6.07) is 12.5. The summed E-state index contributed by atoms with van der Waals surface area (Å²) in [4.78, 5) is 28.5. The average molecular weight is 436 g/mol. The largest absolute Gasteiger partial charge is 0.497 e. The minimum absolute atomic E-state index is 0.132. The highest BCUT2D eigenvalue weighted by atomic mass is 16.5. The molecule has 166 valence electrons. The third-order valence-corrected chi connectivity index (χ3v) is 6.43. The number of nitrogens with one attached hydrogen (secondary N) is 1. The molecule has 0 unspecified atom stereocenters. The van der Waals surface area contributed by atoms with Crippen molar-refractivity contribution in [1.82, 2.24) is 0 Å². The van der Waals surface area contributed by atoms with E-state index < -0.39 is 23.5 Å². The molecule has 2 aromatic rings. The van der Waals surface area contributed by atoms with Crippen molar-refractivity contribution in [3.63, 3.8) is 0 Å². The van der Waals surface area contributed by atoms with Gasteiger partial charge in [0, 0.05) is 17.8 Å². The van der Waals surface area contributed by atoms with Gasteiger partial charge in [0.1, 0.15) is 22.8 Å². The lowest BCUT2D eigenvalue weighted by Crippen LogP contribution is -2.41. The molecule has 4 atom stereocenters. The molecule has 5 rings (SSSR count). The zero-order chi connectivity index (χ0) is 22.5. The van der Waals surface area contributed by atoms with Gasteiger partial charge in [0.15, 0.2) is 0 Å². The molecule has 0 aliphatic carbocycles. The van der Waals surface area contributed by atoms with E-state index in [4.69, 9.17) is 18.9 Å². The van der Waals surface area contributed by atoms with Crippen molar-refractivity contribution in [2.75, 3.05) is 38.1 Å². The first-order valence-electron chi connectivity index (χ1n) is 10.3.